The number of amides is 1. The summed E-state index contributed by atoms with van der Waals surface area (Å²) in [5.74, 6) is 1.35. The lowest BCUT2D eigenvalue weighted by Crippen LogP contribution is -2.34. The average molecular weight is 311 g/mol. The SMILES string of the molecule is CC(=O)Nc1ccc2c(c1)C(Oc1ccccn1)=NC(C)(C)O2. The summed E-state index contributed by atoms with van der Waals surface area (Å²) < 4.78 is 11.7. The van der Waals surface area contributed by atoms with Gasteiger partial charge in [0, 0.05) is 24.9 Å². The molecule has 23 heavy (non-hydrogen) atoms. The van der Waals surface area contributed by atoms with E-state index in [2.05, 4.69) is 15.3 Å². The van der Waals surface area contributed by atoms with E-state index >= 15 is 0 Å². The standard InChI is InChI=1S/C17H17N3O3/c1-11(21)19-12-7-8-14-13(10-12)16(20-17(2,3)23-14)22-15-6-4-5-9-18-15/h4-10H,1-3H3,(H,19,21). The van der Waals surface area contributed by atoms with E-state index in [9.17, 15) is 4.79 Å². The molecule has 1 aliphatic heterocycles. The van der Waals surface area contributed by atoms with E-state index in [1.807, 2.05) is 26.0 Å². The first-order valence-corrected chi connectivity index (χ1v) is 7.23. The molecular weight excluding hydrogens is 294 g/mol. The van der Waals surface area contributed by atoms with Crippen LogP contribution in [0.1, 0.15) is 26.3 Å². The monoisotopic (exact) mass is 311 g/mol. The van der Waals surface area contributed by atoms with Crippen LogP contribution >= 0.6 is 0 Å². The summed E-state index contributed by atoms with van der Waals surface area (Å²) in [4.78, 5) is 19.9. The molecule has 2 aromatic rings. The third kappa shape index (κ3) is 3.48. The first kappa shape index (κ1) is 15.0. The average Bonchev–Trinajstić information content (AvgIpc) is 2.47. The maximum Gasteiger partial charge on any atom is 0.231 e. The van der Waals surface area contributed by atoms with Crippen LogP contribution in [0.15, 0.2) is 47.6 Å². The van der Waals surface area contributed by atoms with Crippen molar-refractivity contribution in [1.29, 1.82) is 0 Å². The van der Waals surface area contributed by atoms with E-state index in [0.717, 1.165) is 0 Å². The number of ether oxygens (including phenoxy) is 2. The van der Waals surface area contributed by atoms with E-state index < -0.39 is 5.72 Å². The van der Waals surface area contributed by atoms with E-state index in [0.29, 0.717) is 28.8 Å². The molecule has 0 atom stereocenters. The molecule has 6 nitrogen and oxygen atoms in total. The quantitative estimate of drug-likeness (QED) is 0.925. The molecule has 3 rings (SSSR count). The Morgan fingerprint density at radius 1 is 1.26 bits per heavy atom. The number of fused-ring (bicyclic) bond motifs is 1. The summed E-state index contributed by atoms with van der Waals surface area (Å²) in [6.07, 6.45) is 1.65. The van der Waals surface area contributed by atoms with Crippen LogP contribution in [0, 0.1) is 0 Å². The summed E-state index contributed by atoms with van der Waals surface area (Å²) in [5.41, 5.74) is 0.574. The number of aliphatic imine (C=N–C) groups is 1. The van der Waals surface area contributed by atoms with Gasteiger partial charge in [0.2, 0.25) is 17.7 Å². The van der Waals surface area contributed by atoms with Crippen molar-refractivity contribution in [3.8, 4) is 11.6 Å². The number of benzene rings is 1. The van der Waals surface area contributed by atoms with Crippen molar-refractivity contribution in [3.05, 3.63) is 48.2 Å². The predicted octanol–water partition coefficient (Wildman–Crippen LogP) is 2.99. The predicted molar refractivity (Wildman–Crippen MR) is 86.9 cm³/mol. The highest BCUT2D eigenvalue weighted by molar-refractivity contribution is 6.01. The van der Waals surface area contributed by atoms with Crippen LogP contribution in [0.25, 0.3) is 0 Å². The number of pyridine rings is 1. The summed E-state index contributed by atoms with van der Waals surface area (Å²) in [6, 6.07) is 10.7. The van der Waals surface area contributed by atoms with Crippen molar-refractivity contribution < 1.29 is 14.3 Å². The first-order chi connectivity index (χ1) is 10.9. The number of anilines is 1. The minimum absolute atomic E-state index is 0.147. The Balaban J connectivity index is 2.00. The molecule has 1 aromatic heterocycles. The van der Waals surface area contributed by atoms with Gasteiger partial charge in [0.25, 0.3) is 0 Å². The van der Waals surface area contributed by atoms with Gasteiger partial charge in [-0.3, -0.25) is 4.79 Å². The van der Waals surface area contributed by atoms with Crippen LogP contribution in [0.2, 0.25) is 0 Å². The topological polar surface area (TPSA) is 72.8 Å². The van der Waals surface area contributed by atoms with Gasteiger partial charge in [-0.25, -0.2) is 9.98 Å². The van der Waals surface area contributed by atoms with Crippen LogP contribution in [0.4, 0.5) is 5.69 Å². The highest BCUT2D eigenvalue weighted by Crippen LogP contribution is 2.33. The number of carbonyl (C=O) groups excluding carboxylic acids is 1. The van der Waals surface area contributed by atoms with E-state index in [4.69, 9.17) is 9.47 Å². The number of hydrogen-bond acceptors (Lipinski definition) is 5. The highest BCUT2D eigenvalue weighted by Gasteiger charge is 2.30. The molecule has 1 N–H and O–H groups in total. The van der Waals surface area contributed by atoms with Gasteiger partial charge >= 0.3 is 0 Å². The van der Waals surface area contributed by atoms with Crippen LogP contribution in [-0.2, 0) is 4.79 Å². The molecule has 1 aliphatic rings. The zero-order valence-electron chi connectivity index (χ0n) is 13.2. The first-order valence-electron chi connectivity index (χ1n) is 7.23. The van der Waals surface area contributed by atoms with Gasteiger partial charge in [0.1, 0.15) is 5.75 Å². The summed E-state index contributed by atoms with van der Waals surface area (Å²) >= 11 is 0. The van der Waals surface area contributed by atoms with Gasteiger partial charge in [-0.15, -0.1) is 0 Å². The molecule has 2 heterocycles. The van der Waals surface area contributed by atoms with Crippen molar-refractivity contribution in [1.82, 2.24) is 4.98 Å². The molecule has 1 aromatic carbocycles. The van der Waals surface area contributed by atoms with Crippen LogP contribution in [0.5, 0.6) is 11.6 Å². The number of hydrogen-bond donors (Lipinski definition) is 1. The Morgan fingerprint density at radius 3 is 2.78 bits per heavy atom. The number of nitrogens with one attached hydrogen (secondary N) is 1. The Hall–Kier alpha value is -2.89. The molecule has 0 bridgehead atoms. The lowest BCUT2D eigenvalue weighted by atomic mass is 10.1. The highest BCUT2D eigenvalue weighted by atomic mass is 16.5. The second-order valence-electron chi connectivity index (χ2n) is 5.63. The van der Waals surface area contributed by atoms with Gasteiger partial charge in [-0.2, -0.15) is 0 Å². The second kappa shape index (κ2) is 5.72. The van der Waals surface area contributed by atoms with Gasteiger partial charge in [0.15, 0.2) is 5.72 Å². The van der Waals surface area contributed by atoms with Crippen molar-refractivity contribution in [3.63, 3.8) is 0 Å². The molecular formula is C17H17N3O3. The fourth-order valence-electron chi connectivity index (χ4n) is 2.25. The van der Waals surface area contributed by atoms with Gasteiger partial charge in [0.05, 0.1) is 5.56 Å². The van der Waals surface area contributed by atoms with Gasteiger partial charge in [-0.05, 0) is 38.1 Å². The number of aromatic nitrogens is 1. The number of rotatable bonds is 2. The lowest BCUT2D eigenvalue weighted by molar-refractivity contribution is -0.114. The van der Waals surface area contributed by atoms with Crippen molar-refractivity contribution >= 4 is 17.5 Å². The van der Waals surface area contributed by atoms with E-state index in [-0.39, 0.29) is 5.91 Å². The Morgan fingerprint density at radius 2 is 2.09 bits per heavy atom. The van der Waals surface area contributed by atoms with E-state index in [1.54, 1.807) is 30.5 Å². The lowest BCUT2D eigenvalue weighted by Gasteiger charge is -2.29. The second-order valence-corrected chi connectivity index (χ2v) is 5.63. The van der Waals surface area contributed by atoms with Crippen LogP contribution in [-0.4, -0.2) is 22.5 Å². The molecule has 0 fully saturated rings. The minimum atomic E-state index is -0.743. The molecule has 0 radical (unpaired) electrons. The van der Waals surface area contributed by atoms with Crippen molar-refractivity contribution in [2.24, 2.45) is 4.99 Å². The molecule has 0 spiro atoms. The molecule has 0 saturated carbocycles. The Labute approximate surface area is 134 Å². The van der Waals surface area contributed by atoms with Gasteiger partial charge < -0.3 is 14.8 Å². The Kier molecular flexibility index (Phi) is 3.73. The fourth-order valence-corrected chi connectivity index (χ4v) is 2.25. The third-order valence-corrected chi connectivity index (χ3v) is 3.10. The maximum atomic E-state index is 11.2. The maximum absolute atomic E-state index is 11.2. The fraction of sp³-hybridized carbons (Fsp3) is 0.235. The van der Waals surface area contributed by atoms with Crippen molar-refractivity contribution in [2.45, 2.75) is 26.5 Å². The molecule has 0 unspecified atom stereocenters. The zero-order chi connectivity index (χ0) is 16.4. The normalized spacial score (nSPS) is 15.0. The van der Waals surface area contributed by atoms with Crippen LogP contribution in [0.3, 0.4) is 0 Å². The molecule has 6 heteroatoms. The summed E-state index contributed by atoms with van der Waals surface area (Å²) in [7, 11) is 0. The van der Waals surface area contributed by atoms with Crippen molar-refractivity contribution in [2.75, 3.05) is 5.32 Å². The number of nitrogens with zero attached hydrogens (tertiary/aromatic N) is 2. The molecule has 1 amide bonds. The molecule has 0 saturated heterocycles. The molecule has 118 valence electrons. The summed E-state index contributed by atoms with van der Waals surface area (Å²) in [6.45, 7) is 5.15. The van der Waals surface area contributed by atoms with Crippen LogP contribution < -0.4 is 14.8 Å². The number of carbonyl (C=O) groups is 1. The minimum Gasteiger partial charge on any atom is -0.466 e. The third-order valence-electron chi connectivity index (χ3n) is 3.10. The largest absolute Gasteiger partial charge is 0.466 e. The Bertz CT molecular complexity index is 770. The van der Waals surface area contributed by atoms with Gasteiger partial charge in [-0.1, -0.05) is 6.07 Å². The smallest absolute Gasteiger partial charge is 0.231 e. The zero-order valence-corrected chi connectivity index (χ0v) is 13.2. The summed E-state index contributed by atoms with van der Waals surface area (Å²) in [5, 5.41) is 2.74. The van der Waals surface area contributed by atoms with E-state index in [1.165, 1.54) is 6.92 Å². The molecule has 0 aliphatic carbocycles.